The van der Waals surface area contributed by atoms with Gasteiger partial charge in [0.2, 0.25) is 10.0 Å². The van der Waals surface area contributed by atoms with Gasteiger partial charge in [-0.2, -0.15) is 0 Å². The highest BCUT2D eigenvalue weighted by atomic mass is 32.2. The van der Waals surface area contributed by atoms with Gasteiger partial charge in [-0.15, -0.1) is 0 Å². The van der Waals surface area contributed by atoms with E-state index < -0.39 is 10.0 Å². The first-order valence-electron chi connectivity index (χ1n) is 5.97. The molecule has 0 spiro atoms. The van der Waals surface area contributed by atoms with Crippen molar-refractivity contribution in [1.82, 2.24) is 4.98 Å². The molecule has 4 nitrogen and oxygen atoms in total. The highest BCUT2D eigenvalue weighted by Gasteiger charge is 2.27. The summed E-state index contributed by atoms with van der Waals surface area (Å²) in [6.45, 7) is 4.73. The Morgan fingerprint density at radius 1 is 1.35 bits per heavy atom. The van der Waals surface area contributed by atoms with Crippen molar-refractivity contribution >= 4 is 15.8 Å². The molecule has 0 unspecified atom stereocenters. The van der Waals surface area contributed by atoms with Gasteiger partial charge in [0.25, 0.3) is 0 Å². The zero-order valence-electron chi connectivity index (χ0n) is 10.3. The topological polar surface area (TPSA) is 50.3 Å². The second-order valence-corrected chi connectivity index (χ2v) is 6.71. The van der Waals surface area contributed by atoms with Gasteiger partial charge in [0.1, 0.15) is 5.82 Å². The van der Waals surface area contributed by atoms with Crippen molar-refractivity contribution < 1.29 is 8.42 Å². The Balaban J connectivity index is 2.36. The van der Waals surface area contributed by atoms with Gasteiger partial charge in [0, 0.05) is 12.7 Å². The molecule has 5 heteroatoms. The van der Waals surface area contributed by atoms with Crippen molar-refractivity contribution in [1.29, 1.82) is 0 Å². The monoisotopic (exact) mass is 254 g/mol. The van der Waals surface area contributed by atoms with Crippen LogP contribution < -0.4 is 4.31 Å². The van der Waals surface area contributed by atoms with Crippen LogP contribution in [0.3, 0.4) is 0 Å². The van der Waals surface area contributed by atoms with Crippen molar-refractivity contribution in [3.8, 4) is 0 Å². The van der Waals surface area contributed by atoms with Crippen LogP contribution >= 0.6 is 0 Å². The second kappa shape index (κ2) is 4.64. The van der Waals surface area contributed by atoms with Gasteiger partial charge in [-0.3, -0.25) is 4.31 Å². The second-order valence-electron chi connectivity index (χ2n) is 4.70. The predicted molar refractivity (Wildman–Crippen MR) is 68.7 cm³/mol. The van der Waals surface area contributed by atoms with Crippen LogP contribution in [0.2, 0.25) is 0 Å². The Morgan fingerprint density at radius 3 is 2.76 bits per heavy atom. The van der Waals surface area contributed by atoms with Crippen LogP contribution in [0.4, 0.5) is 5.82 Å². The van der Waals surface area contributed by atoms with Crippen LogP contribution in [-0.2, 0) is 10.0 Å². The highest BCUT2D eigenvalue weighted by molar-refractivity contribution is 7.92. The lowest BCUT2D eigenvalue weighted by Gasteiger charge is -2.27. The molecule has 2 heterocycles. The van der Waals surface area contributed by atoms with Crippen LogP contribution in [0.5, 0.6) is 0 Å². The molecule has 17 heavy (non-hydrogen) atoms. The average Bonchev–Trinajstić information content (AvgIpc) is 2.28. The van der Waals surface area contributed by atoms with Gasteiger partial charge >= 0.3 is 0 Å². The van der Waals surface area contributed by atoms with Crippen molar-refractivity contribution in [2.75, 3.05) is 16.6 Å². The first-order chi connectivity index (χ1) is 8.00. The Labute approximate surface area is 103 Å². The maximum absolute atomic E-state index is 11.9. The molecule has 1 aliphatic rings. The summed E-state index contributed by atoms with van der Waals surface area (Å²) < 4.78 is 25.3. The van der Waals surface area contributed by atoms with Crippen LogP contribution in [-0.4, -0.2) is 25.7 Å². The van der Waals surface area contributed by atoms with E-state index in [0.717, 1.165) is 18.4 Å². The van der Waals surface area contributed by atoms with Gasteiger partial charge in [0.05, 0.1) is 5.75 Å². The van der Waals surface area contributed by atoms with E-state index in [4.69, 9.17) is 0 Å². The number of nitrogens with zero attached hydrogens (tertiary/aromatic N) is 2. The SMILES string of the molecule is CC(C)c1ccnc(N2CCCCS2(=O)=O)c1. The number of anilines is 1. The highest BCUT2D eigenvalue weighted by Crippen LogP contribution is 2.24. The van der Waals surface area contributed by atoms with Gasteiger partial charge in [-0.25, -0.2) is 13.4 Å². The van der Waals surface area contributed by atoms with E-state index in [1.54, 1.807) is 6.20 Å². The fourth-order valence-electron chi connectivity index (χ4n) is 1.98. The Kier molecular flexibility index (Phi) is 3.38. The molecule has 0 aromatic carbocycles. The van der Waals surface area contributed by atoms with Crippen molar-refractivity contribution in [2.24, 2.45) is 0 Å². The minimum absolute atomic E-state index is 0.237. The van der Waals surface area contributed by atoms with Gasteiger partial charge in [-0.05, 0) is 36.5 Å². The summed E-state index contributed by atoms with van der Waals surface area (Å²) in [4.78, 5) is 4.19. The third kappa shape index (κ3) is 2.60. The number of hydrogen-bond donors (Lipinski definition) is 0. The average molecular weight is 254 g/mol. The van der Waals surface area contributed by atoms with Crippen LogP contribution in [0.25, 0.3) is 0 Å². The summed E-state index contributed by atoms with van der Waals surface area (Å²) in [5, 5.41) is 0. The molecule has 1 aromatic heterocycles. The first kappa shape index (κ1) is 12.4. The lowest BCUT2D eigenvalue weighted by Crippen LogP contribution is -2.38. The van der Waals surface area contributed by atoms with E-state index in [2.05, 4.69) is 18.8 Å². The largest absolute Gasteiger partial charge is 0.254 e. The molecular formula is C12H18N2O2S. The molecule has 1 aromatic rings. The van der Waals surface area contributed by atoms with Crippen molar-refractivity contribution in [2.45, 2.75) is 32.6 Å². The molecular weight excluding hydrogens is 236 g/mol. The lowest BCUT2D eigenvalue weighted by atomic mass is 10.1. The molecule has 0 N–H and O–H groups in total. The fraction of sp³-hybridized carbons (Fsp3) is 0.583. The molecule has 1 fully saturated rings. The number of sulfonamides is 1. The van der Waals surface area contributed by atoms with Gasteiger partial charge in [0.15, 0.2) is 0 Å². The van der Waals surface area contributed by atoms with Gasteiger partial charge in [-0.1, -0.05) is 13.8 Å². The third-order valence-corrected chi connectivity index (χ3v) is 4.89. The summed E-state index contributed by atoms with van der Waals surface area (Å²) in [6, 6.07) is 3.82. The number of rotatable bonds is 2. The molecule has 0 amide bonds. The van der Waals surface area contributed by atoms with E-state index in [9.17, 15) is 8.42 Å². The summed E-state index contributed by atoms with van der Waals surface area (Å²) in [7, 11) is -3.15. The smallest absolute Gasteiger partial charge is 0.236 e. The molecule has 94 valence electrons. The van der Waals surface area contributed by atoms with Crippen LogP contribution in [0.1, 0.15) is 38.2 Å². The molecule has 2 rings (SSSR count). The molecule has 0 radical (unpaired) electrons. The fourth-order valence-corrected chi connectivity index (χ4v) is 3.56. The van der Waals surface area contributed by atoms with E-state index >= 15 is 0 Å². The zero-order chi connectivity index (χ0) is 12.5. The molecule has 0 bridgehead atoms. The molecule has 0 saturated carbocycles. The maximum atomic E-state index is 11.9. The van der Waals surface area contributed by atoms with E-state index in [1.807, 2.05) is 12.1 Å². The van der Waals surface area contributed by atoms with E-state index in [0.29, 0.717) is 18.3 Å². The minimum atomic E-state index is -3.15. The Bertz CT molecular complexity index is 497. The number of aromatic nitrogens is 1. The summed E-state index contributed by atoms with van der Waals surface area (Å²) >= 11 is 0. The van der Waals surface area contributed by atoms with Crippen LogP contribution in [0.15, 0.2) is 18.3 Å². The Morgan fingerprint density at radius 2 is 2.12 bits per heavy atom. The summed E-state index contributed by atoms with van der Waals surface area (Å²) in [5.74, 6) is 1.18. The first-order valence-corrected chi connectivity index (χ1v) is 7.58. The summed E-state index contributed by atoms with van der Waals surface area (Å²) in [5.41, 5.74) is 1.12. The quantitative estimate of drug-likeness (QED) is 0.812. The number of pyridine rings is 1. The number of hydrogen-bond acceptors (Lipinski definition) is 3. The standard InChI is InChI=1S/C12H18N2O2S/c1-10(2)11-5-6-13-12(9-11)14-7-3-4-8-17(14,15)16/h5-6,9-10H,3-4,7-8H2,1-2H3. The molecule has 1 saturated heterocycles. The van der Waals surface area contributed by atoms with Crippen molar-refractivity contribution in [3.63, 3.8) is 0 Å². The zero-order valence-corrected chi connectivity index (χ0v) is 11.1. The minimum Gasteiger partial charge on any atom is -0.254 e. The lowest BCUT2D eigenvalue weighted by molar-refractivity contribution is 0.573. The van der Waals surface area contributed by atoms with Crippen molar-refractivity contribution in [3.05, 3.63) is 23.9 Å². The third-order valence-electron chi connectivity index (χ3n) is 3.04. The predicted octanol–water partition coefficient (Wildman–Crippen LogP) is 2.13. The van der Waals surface area contributed by atoms with Gasteiger partial charge < -0.3 is 0 Å². The molecule has 0 aliphatic carbocycles. The summed E-state index contributed by atoms with van der Waals surface area (Å²) in [6.07, 6.45) is 3.35. The molecule has 0 atom stereocenters. The van der Waals surface area contributed by atoms with E-state index in [1.165, 1.54) is 4.31 Å². The Hall–Kier alpha value is -1.10. The normalized spacial score (nSPS) is 19.6. The molecule has 1 aliphatic heterocycles. The van der Waals surface area contributed by atoms with Crippen LogP contribution in [0, 0.1) is 0 Å². The van der Waals surface area contributed by atoms with E-state index in [-0.39, 0.29) is 5.75 Å². The maximum Gasteiger partial charge on any atom is 0.236 e.